The number of benzene rings is 1. The second-order valence-corrected chi connectivity index (χ2v) is 7.17. The van der Waals surface area contributed by atoms with Crippen molar-refractivity contribution in [3.05, 3.63) is 54.4 Å². The number of likely N-dealkylation sites (tertiary alicyclic amines) is 1. The molecule has 4 rings (SSSR count). The van der Waals surface area contributed by atoms with E-state index in [2.05, 4.69) is 21.7 Å². The second-order valence-electron chi connectivity index (χ2n) is 7.17. The molecule has 2 N–H and O–H groups in total. The minimum atomic E-state index is -0.428. The van der Waals surface area contributed by atoms with Gasteiger partial charge < -0.3 is 20.3 Å². The van der Waals surface area contributed by atoms with Crippen LogP contribution in [0.3, 0.4) is 0 Å². The number of methoxy groups -OCH3 is 1. The summed E-state index contributed by atoms with van der Waals surface area (Å²) < 4.78 is 5.17. The monoisotopic (exact) mass is 379 g/mol. The number of hydrogen-bond acceptors (Lipinski definition) is 5. The van der Waals surface area contributed by atoms with Gasteiger partial charge in [-0.1, -0.05) is 12.1 Å². The van der Waals surface area contributed by atoms with E-state index in [1.807, 2.05) is 23.1 Å². The van der Waals surface area contributed by atoms with Gasteiger partial charge in [-0.3, -0.25) is 14.8 Å². The number of ether oxygens (including phenoxy) is 1. The molecule has 2 aromatic rings. The average molecular weight is 379 g/mol. The number of nitrogens with one attached hydrogen (secondary N) is 2. The normalized spacial score (nSPS) is 22.5. The fourth-order valence-electron chi connectivity index (χ4n) is 3.91. The summed E-state index contributed by atoms with van der Waals surface area (Å²) in [6.07, 6.45) is 5.11. The van der Waals surface area contributed by atoms with Crippen LogP contribution in [0.5, 0.6) is 0 Å². The van der Waals surface area contributed by atoms with Gasteiger partial charge in [0.25, 0.3) is 5.91 Å². The Balaban J connectivity index is 1.64. The topological polar surface area (TPSA) is 78.9 Å². The minimum Gasteiger partial charge on any atom is -0.383 e. The zero-order valence-corrected chi connectivity index (χ0v) is 16.0. The molecule has 1 amide bonds. The first-order valence-electron chi connectivity index (χ1n) is 9.59. The molecule has 0 aliphatic carbocycles. The van der Waals surface area contributed by atoms with Gasteiger partial charge in [0.05, 0.1) is 31.1 Å². The van der Waals surface area contributed by atoms with E-state index in [1.54, 1.807) is 31.6 Å². The highest BCUT2D eigenvalue weighted by atomic mass is 16.5. The van der Waals surface area contributed by atoms with Crippen LogP contribution in [0.1, 0.15) is 23.2 Å². The molecule has 1 aromatic heterocycles. The first kappa shape index (κ1) is 18.4. The lowest BCUT2D eigenvalue weighted by Gasteiger charge is -2.47. The number of amidine groups is 1. The van der Waals surface area contributed by atoms with Crippen molar-refractivity contribution in [1.29, 1.82) is 0 Å². The van der Waals surface area contributed by atoms with Crippen molar-refractivity contribution in [1.82, 2.24) is 9.88 Å². The standard InChI is InChI=1S/C21H25N5O2/c1-28-14-12-23-20-21(25-18-6-3-2-5-17(18)24-20)9-4-13-26(15-21)19(27)16-7-10-22-11-8-16/h2-3,5-8,10-11,25H,4,9,12-15H2,1H3,(H,23,24)/t21-/m1/s1. The SMILES string of the molecule is COCCN=C1Nc2ccccc2N[C@@]12CCCN(C(=O)c1ccncc1)C2. The van der Waals surface area contributed by atoms with Crippen molar-refractivity contribution in [2.75, 3.05) is 44.0 Å². The lowest BCUT2D eigenvalue weighted by atomic mass is 9.85. The van der Waals surface area contributed by atoms with Crippen molar-refractivity contribution in [2.45, 2.75) is 18.4 Å². The smallest absolute Gasteiger partial charge is 0.254 e. The first-order chi connectivity index (χ1) is 13.7. The summed E-state index contributed by atoms with van der Waals surface area (Å²) in [6.45, 7) is 2.42. The lowest BCUT2D eigenvalue weighted by molar-refractivity contribution is 0.0694. The summed E-state index contributed by atoms with van der Waals surface area (Å²) in [5, 5.41) is 7.18. The Kier molecular flexibility index (Phi) is 5.25. The van der Waals surface area contributed by atoms with Gasteiger partial charge in [-0.05, 0) is 37.1 Å². The van der Waals surface area contributed by atoms with E-state index in [0.717, 1.165) is 36.6 Å². The van der Waals surface area contributed by atoms with Gasteiger partial charge in [-0.25, -0.2) is 0 Å². The van der Waals surface area contributed by atoms with Gasteiger partial charge in [0, 0.05) is 31.6 Å². The van der Waals surface area contributed by atoms with Gasteiger partial charge >= 0.3 is 0 Å². The summed E-state index contributed by atoms with van der Waals surface area (Å²) in [5.74, 6) is 0.897. The number of aliphatic imine (C=N–C) groups is 1. The van der Waals surface area contributed by atoms with Gasteiger partial charge in [-0.15, -0.1) is 0 Å². The Morgan fingerprint density at radius 3 is 2.82 bits per heavy atom. The van der Waals surface area contributed by atoms with E-state index in [0.29, 0.717) is 25.3 Å². The van der Waals surface area contributed by atoms with Crippen LogP contribution in [0.4, 0.5) is 11.4 Å². The number of amides is 1. The predicted octanol–water partition coefficient (Wildman–Crippen LogP) is 2.64. The predicted molar refractivity (Wildman–Crippen MR) is 110 cm³/mol. The number of nitrogens with zero attached hydrogens (tertiary/aromatic N) is 3. The number of rotatable bonds is 4. The molecule has 7 heteroatoms. The summed E-state index contributed by atoms with van der Waals surface area (Å²) in [4.78, 5) is 23.7. The molecule has 1 saturated heterocycles. The van der Waals surface area contributed by atoms with Crippen LogP contribution in [0.2, 0.25) is 0 Å². The van der Waals surface area contributed by atoms with E-state index < -0.39 is 5.54 Å². The molecule has 1 atom stereocenters. The molecule has 3 heterocycles. The summed E-state index contributed by atoms with van der Waals surface area (Å²) in [7, 11) is 1.67. The van der Waals surface area contributed by atoms with Crippen LogP contribution < -0.4 is 10.6 Å². The molecule has 0 saturated carbocycles. The van der Waals surface area contributed by atoms with Gasteiger partial charge in [0.15, 0.2) is 0 Å². The Hall–Kier alpha value is -2.93. The number of aromatic nitrogens is 1. The Bertz CT molecular complexity index is 870. The number of hydrogen-bond donors (Lipinski definition) is 2. The summed E-state index contributed by atoms with van der Waals surface area (Å²) >= 11 is 0. The van der Waals surface area contributed by atoms with Crippen molar-refractivity contribution >= 4 is 23.1 Å². The molecule has 0 radical (unpaired) electrons. The summed E-state index contributed by atoms with van der Waals surface area (Å²) in [6, 6.07) is 11.6. The zero-order valence-electron chi connectivity index (χ0n) is 16.0. The van der Waals surface area contributed by atoms with Crippen molar-refractivity contribution in [3.63, 3.8) is 0 Å². The molecule has 7 nitrogen and oxygen atoms in total. The average Bonchev–Trinajstić information content (AvgIpc) is 2.74. The molecule has 146 valence electrons. The quantitative estimate of drug-likeness (QED) is 0.799. The van der Waals surface area contributed by atoms with Crippen LogP contribution in [0, 0.1) is 0 Å². The van der Waals surface area contributed by atoms with Crippen molar-refractivity contribution < 1.29 is 9.53 Å². The highest BCUT2D eigenvalue weighted by Crippen LogP contribution is 2.36. The van der Waals surface area contributed by atoms with Crippen molar-refractivity contribution in [3.8, 4) is 0 Å². The van der Waals surface area contributed by atoms with E-state index in [9.17, 15) is 4.79 Å². The number of anilines is 2. The Morgan fingerprint density at radius 1 is 1.25 bits per heavy atom. The third-order valence-corrected chi connectivity index (χ3v) is 5.28. The molecule has 28 heavy (non-hydrogen) atoms. The molecule has 2 aliphatic rings. The third-order valence-electron chi connectivity index (χ3n) is 5.28. The van der Waals surface area contributed by atoms with Gasteiger partial charge in [-0.2, -0.15) is 0 Å². The maximum atomic E-state index is 13.0. The number of piperidine rings is 1. The number of fused-ring (bicyclic) bond motifs is 1. The Morgan fingerprint density at radius 2 is 2.04 bits per heavy atom. The molecular weight excluding hydrogens is 354 g/mol. The molecular formula is C21H25N5O2. The van der Waals surface area contributed by atoms with Crippen molar-refractivity contribution in [2.24, 2.45) is 4.99 Å². The summed E-state index contributed by atoms with van der Waals surface area (Å²) in [5.41, 5.74) is 2.27. The largest absolute Gasteiger partial charge is 0.383 e. The highest BCUT2D eigenvalue weighted by molar-refractivity contribution is 6.10. The fraction of sp³-hybridized carbons (Fsp3) is 0.381. The fourth-order valence-corrected chi connectivity index (χ4v) is 3.91. The Labute approximate surface area is 164 Å². The molecule has 0 bridgehead atoms. The van der Waals surface area contributed by atoms with Crippen LogP contribution in [-0.4, -0.2) is 60.5 Å². The first-order valence-corrected chi connectivity index (χ1v) is 9.59. The number of pyridine rings is 1. The molecule has 2 aliphatic heterocycles. The minimum absolute atomic E-state index is 0.0263. The van der Waals surface area contributed by atoms with E-state index in [-0.39, 0.29) is 5.91 Å². The number of carbonyl (C=O) groups is 1. The molecule has 1 aromatic carbocycles. The molecule has 1 fully saturated rings. The van der Waals surface area contributed by atoms with E-state index >= 15 is 0 Å². The molecule has 0 unspecified atom stereocenters. The van der Waals surface area contributed by atoms with Crippen LogP contribution >= 0.6 is 0 Å². The van der Waals surface area contributed by atoms with E-state index in [4.69, 9.17) is 9.73 Å². The molecule has 1 spiro atoms. The lowest BCUT2D eigenvalue weighted by Crippen LogP contribution is -2.62. The third kappa shape index (κ3) is 3.57. The van der Waals surface area contributed by atoms with Crippen LogP contribution in [0.15, 0.2) is 53.8 Å². The maximum Gasteiger partial charge on any atom is 0.254 e. The van der Waals surface area contributed by atoms with E-state index in [1.165, 1.54) is 0 Å². The second kappa shape index (κ2) is 7.98. The number of carbonyl (C=O) groups excluding carboxylic acids is 1. The maximum absolute atomic E-state index is 13.0. The van der Waals surface area contributed by atoms with Gasteiger partial charge in [0.2, 0.25) is 0 Å². The highest BCUT2D eigenvalue weighted by Gasteiger charge is 2.44. The van der Waals surface area contributed by atoms with Crippen LogP contribution in [-0.2, 0) is 4.74 Å². The van der Waals surface area contributed by atoms with Crippen LogP contribution in [0.25, 0.3) is 0 Å². The number of para-hydroxylation sites is 2. The zero-order chi connectivity index (χ0) is 19.4. The van der Waals surface area contributed by atoms with Gasteiger partial charge in [0.1, 0.15) is 11.4 Å².